The molecule has 0 saturated carbocycles. The van der Waals surface area contributed by atoms with E-state index in [4.69, 9.17) is 11.7 Å². The van der Waals surface area contributed by atoms with Crippen LogP contribution in [-0.2, 0) is 4.79 Å². The van der Waals surface area contributed by atoms with Gasteiger partial charge in [0.15, 0.2) is 0 Å². The van der Waals surface area contributed by atoms with Crippen molar-refractivity contribution in [3.05, 3.63) is 23.7 Å². The Hall–Kier alpha value is -2.37. The van der Waals surface area contributed by atoms with Crippen LogP contribution < -0.4 is 4.90 Å². The second kappa shape index (κ2) is 4.63. The van der Waals surface area contributed by atoms with E-state index in [0.717, 1.165) is 4.90 Å². The van der Waals surface area contributed by atoms with Gasteiger partial charge in [-0.3, -0.25) is 0 Å². The van der Waals surface area contributed by atoms with E-state index in [1.807, 2.05) is 0 Å². The molecule has 1 aliphatic rings. The molecule has 1 fully saturated rings. The number of halogens is 3. The minimum atomic E-state index is -4.07. The maximum Gasteiger partial charge on any atom is 0.348 e. The van der Waals surface area contributed by atoms with Crippen molar-refractivity contribution in [2.24, 2.45) is 0 Å². The van der Waals surface area contributed by atoms with E-state index in [2.05, 4.69) is 14.8 Å². The number of carboxylic acids is 1. The number of aliphatic carboxylic acids is 1. The zero-order valence-corrected chi connectivity index (χ0v) is 10.1. The number of rotatable bonds is 2. The molecule has 6 nitrogen and oxygen atoms in total. The van der Waals surface area contributed by atoms with Crippen LogP contribution >= 0.6 is 0 Å². The van der Waals surface area contributed by atoms with Gasteiger partial charge in [0.05, 0.1) is 6.54 Å². The fraction of sp³-hybridized carbons (Fsp3) is 0.455. The Morgan fingerprint density at radius 1 is 1.50 bits per heavy atom. The first kappa shape index (κ1) is 14.0. The Labute approximate surface area is 111 Å². The zero-order valence-electron chi connectivity index (χ0n) is 10.1. The summed E-state index contributed by atoms with van der Waals surface area (Å²) in [6.07, 6.45) is 0.337. The fourth-order valence-corrected chi connectivity index (χ4v) is 1.90. The van der Waals surface area contributed by atoms with Crippen molar-refractivity contribution >= 4 is 17.7 Å². The summed E-state index contributed by atoms with van der Waals surface area (Å²) in [5.74, 6) is -6.44. The lowest BCUT2D eigenvalue weighted by Crippen LogP contribution is -2.62. The number of nitrogens with zero attached hydrogens (tertiary/aromatic N) is 4. The highest BCUT2D eigenvalue weighted by atomic mass is 19.3. The third-order valence-corrected chi connectivity index (χ3v) is 3.06. The Kier molecular flexibility index (Phi) is 3.25. The molecule has 1 N–H and O–H groups in total. The third kappa shape index (κ3) is 2.13. The number of carbonyl (C=O) groups is 1. The first-order valence-corrected chi connectivity index (χ1v) is 5.56. The molecule has 1 saturated heterocycles. The SMILES string of the molecule is [C-]#[N+]c1ccnc(N2CCC(F)(C(=O)O)C(F)(F)C2)n1. The lowest BCUT2D eigenvalue weighted by atomic mass is 9.89. The first-order chi connectivity index (χ1) is 9.30. The monoisotopic (exact) mass is 286 g/mol. The molecule has 9 heteroatoms. The van der Waals surface area contributed by atoms with Crippen molar-refractivity contribution < 1.29 is 23.1 Å². The van der Waals surface area contributed by atoms with Crippen LogP contribution in [-0.4, -0.2) is 45.7 Å². The molecular formula is C11H9F3N4O2. The summed E-state index contributed by atoms with van der Waals surface area (Å²) in [6, 6.07) is 1.30. The first-order valence-electron chi connectivity index (χ1n) is 5.56. The van der Waals surface area contributed by atoms with Crippen molar-refractivity contribution in [2.45, 2.75) is 18.0 Å². The summed E-state index contributed by atoms with van der Waals surface area (Å²) < 4.78 is 41.3. The maximum atomic E-state index is 13.8. The minimum absolute atomic E-state index is 0.0337. The molecule has 1 atom stereocenters. The molecule has 0 aromatic carbocycles. The maximum absolute atomic E-state index is 13.8. The van der Waals surface area contributed by atoms with Gasteiger partial charge in [0.1, 0.15) is 0 Å². The number of alkyl halides is 3. The fourth-order valence-electron chi connectivity index (χ4n) is 1.90. The second-order valence-electron chi connectivity index (χ2n) is 4.31. The smallest absolute Gasteiger partial charge is 0.348 e. The molecule has 106 valence electrons. The third-order valence-electron chi connectivity index (χ3n) is 3.06. The quantitative estimate of drug-likeness (QED) is 0.837. The van der Waals surface area contributed by atoms with Crippen LogP contribution in [0.4, 0.5) is 24.9 Å². The van der Waals surface area contributed by atoms with E-state index < -0.39 is 30.5 Å². The van der Waals surface area contributed by atoms with Gasteiger partial charge in [-0.25, -0.2) is 22.9 Å². The standard InChI is InChI=1S/C11H9F3N4O2/c1-15-7-2-4-16-9(17-7)18-5-3-10(12,8(19)20)11(13,14)6-18/h2,4H,3,5-6H2,(H,19,20). The van der Waals surface area contributed by atoms with Crippen LogP contribution in [0.15, 0.2) is 12.3 Å². The molecule has 0 amide bonds. The largest absolute Gasteiger partial charge is 0.479 e. The number of piperidine rings is 1. The van der Waals surface area contributed by atoms with Crippen LogP contribution in [0.1, 0.15) is 6.42 Å². The van der Waals surface area contributed by atoms with E-state index >= 15 is 0 Å². The normalized spacial score (nSPS) is 25.0. The number of hydrogen-bond donors (Lipinski definition) is 1. The number of anilines is 1. The zero-order chi connectivity index (χ0) is 15.0. The topological polar surface area (TPSA) is 70.7 Å². The highest BCUT2D eigenvalue weighted by Gasteiger charge is 2.64. The molecule has 0 bridgehead atoms. The Balaban J connectivity index is 2.28. The number of hydrogen-bond acceptors (Lipinski definition) is 4. The molecule has 1 aromatic rings. The molecule has 1 unspecified atom stereocenters. The molecule has 1 aromatic heterocycles. The summed E-state index contributed by atoms with van der Waals surface area (Å²) in [6.45, 7) is 5.35. The van der Waals surface area contributed by atoms with Crippen molar-refractivity contribution in [3.8, 4) is 0 Å². The van der Waals surface area contributed by atoms with Crippen LogP contribution in [0, 0.1) is 6.57 Å². The average molecular weight is 286 g/mol. The molecule has 20 heavy (non-hydrogen) atoms. The summed E-state index contributed by atoms with van der Waals surface area (Å²) in [4.78, 5) is 22.2. The van der Waals surface area contributed by atoms with E-state index in [-0.39, 0.29) is 18.3 Å². The van der Waals surface area contributed by atoms with E-state index in [1.54, 1.807) is 0 Å². The van der Waals surface area contributed by atoms with Crippen molar-refractivity contribution in [1.29, 1.82) is 0 Å². The highest BCUT2D eigenvalue weighted by Crippen LogP contribution is 2.40. The van der Waals surface area contributed by atoms with E-state index in [1.165, 1.54) is 12.3 Å². The van der Waals surface area contributed by atoms with Crippen LogP contribution in [0.25, 0.3) is 4.85 Å². The predicted molar refractivity (Wildman–Crippen MR) is 61.5 cm³/mol. The Morgan fingerprint density at radius 3 is 2.75 bits per heavy atom. The highest BCUT2D eigenvalue weighted by molar-refractivity contribution is 5.79. The van der Waals surface area contributed by atoms with Gasteiger partial charge in [-0.05, 0) is 6.07 Å². The Bertz CT molecular complexity index is 589. The molecular weight excluding hydrogens is 277 g/mol. The van der Waals surface area contributed by atoms with Gasteiger partial charge in [-0.1, -0.05) is 11.6 Å². The van der Waals surface area contributed by atoms with Crippen molar-refractivity contribution in [3.63, 3.8) is 0 Å². The molecule has 0 radical (unpaired) electrons. The average Bonchev–Trinajstić information content (AvgIpc) is 2.41. The summed E-state index contributed by atoms with van der Waals surface area (Å²) in [5, 5.41) is 8.63. The van der Waals surface area contributed by atoms with Gasteiger partial charge in [0.2, 0.25) is 0 Å². The van der Waals surface area contributed by atoms with E-state index in [0.29, 0.717) is 0 Å². The number of aromatic nitrogens is 2. The molecule has 1 aliphatic heterocycles. The van der Waals surface area contributed by atoms with Crippen LogP contribution in [0.3, 0.4) is 0 Å². The van der Waals surface area contributed by atoms with Gasteiger partial charge >= 0.3 is 17.8 Å². The summed E-state index contributed by atoms with van der Waals surface area (Å²) >= 11 is 0. The van der Waals surface area contributed by atoms with Crippen LogP contribution in [0.5, 0.6) is 0 Å². The lowest BCUT2D eigenvalue weighted by molar-refractivity contribution is -0.187. The van der Waals surface area contributed by atoms with E-state index in [9.17, 15) is 18.0 Å². The van der Waals surface area contributed by atoms with Gasteiger partial charge < -0.3 is 14.9 Å². The minimum Gasteiger partial charge on any atom is -0.479 e. The van der Waals surface area contributed by atoms with Crippen molar-refractivity contribution in [1.82, 2.24) is 9.97 Å². The molecule has 2 heterocycles. The van der Waals surface area contributed by atoms with Gasteiger partial charge in [0.25, 0.3) is 11.5 Å². The molecule has 0 aliphatic carbocycles. The van der Waals surface area contributed by atoms with Crippen LogP contribution in [0.2, 0.25) is 0 Å². The second-order valence-corrected chi connectivity index (χ2v) is 4.31. The summed E-state index contributed by atoms with van der Waals surface area (Å²) in [5.41, 5.74) is -3.60. The molecule has 2 rings (SSSR count). The van der Waals surface area contributed by atoms with Gasteiger partial charge in [-0.2, -0.15) is 0 Å². The summed E-state index contributed by atoms with van der Waals surface area (Å²) in [7, 11) is 0. The number of carboxylic acid groups (broad SMARTS) is 1. The Morgan fingerprint density at radius 2 is 2.20 bits per heavy atom. The van der Waals surface area contributed by atoms with Crippen molar-refractivity contribution in [2.75, 3.05) is 18.0 Å². The van der Waals surface area contributed by atoms with Gasteiger partial charge in [0, 0.05) is 19.2 Å². The predicted octanol–water partition coefficient (Wildman–Crippen LogP) is 1.67. The lowest BCUT2D eigenvalue weighted by Gasteiger charge is -2.38. The van der Waals surface area contributed by atoms with Gasteiger partial charge in [-0.15, -0.1) is 0 Å². The molecule has 0 spiro atoms.